The Morgan fingerprint density at radius 2 is 1.71 bits per heavy atom. The average Bonchev–Trinajstić information content (AvgIpc) is 2.43. The number of nitrogens with one attached hydrogen (secondary N) is 2. The van der Waals surface area contributed by atoms with E-state index in [0.717, 1.165) is 5.56 Å². The lowest BCUT2D eigenvalue weighted by molar-refractivity contribution is 0.0954. The molecule has 0 fully saturated rings. The molecule has 0 unspecified atom stereocenters. The predicted molar refractivity (Wildman–Crippen MR) is 85.3 cm³/mol. The van der Waals surface area contributed by atoms with E-state index >= 15 is 0 Å². The molecule has 0 saturated heterocycles. The van der Waals surface area contributed by atoms with Crippen molar-refractivity contribution < 1.29 is 13.2 Å². The Bertz CT molecular complexity index is 551. The Hall–Kier alpha value is -1.40. The summed E-state index contributed by atoms with van der Waals surface area (Å²) >= 11 is 0. The van der Waals surface area contributed by atoms with E-state index < -0.39 is 9.84 Å². The monoisotopic (exact) mass is 312 g/mol. The highest BCUT2D eigenvalue weighted by molar-refractivity contribution is 7.92. The molecule has 1 aromatic carbocycles. The number of benzene rings is 1. The van der Waals surface area contributed by atoms with E-state index in [4.69, 9.17) is 0 Å². The normalized spacial score (nSPS) is 11.6. The first kappa shape index (κ1) is 17.7. The molecular weight excluding hydrogens is 288 g/mol. The van der Waals surface area contributed by atoms with Crippen LogP contribution in [0, 0.1) is 6.92 Å². The minimum Gasteiger partial charge on any atom is -0.351 e. The molecule has 1 aromatic rings. The summed E-state index contributed by atoms with van der Waals surface area (Å²) in [5.41, 5.74) is 1.74. The van der Waals surface area contributed by atoms with E-state index in [1.807, 2.05) is 19.1 Å². The van der Waals surface area contributed by atoms with Crippen LogP contribution in [0.1, 0.15) is 29.8 Å². The molecule has 0 bridgehead atoms. The van der Waals surface area contributed by atoms with E-state index in [-0.39, 0.29) is 16.9 Å². The van der Waals surface area contributed by atoms with Gasteiger partial charge in [-0.1, -0.05) is 17.7 Å². The van der Waals surface area contributed by atoms with Crippen molar-refractivity contribution in [2.75, 3.05) is 25.4 Å². The van der Waals surface area contributed by atoms with Crippen LogP contribution in [0.4, 0.5) is 0 Å². The molecule has 0 aliphatic heterocycles. The van der Waals surface area contributed by atoms with Crippen LogP contribution in [0.15, 0.2) is 24.3 Å². The predicted octanol–water partition coefficient (Wildman–Crippen LogP) is 1.14. The summed E-state index contributed by atoms with van der Waals surface area (Å²) in [6, 6.07) is 7.36. The first-order valence-corrected chi connectivity index (χ1v) is 8.81. The van der Waals surface area contributed by atoms with Gasteiger partial charge in [0.15, 0.2) is 9.84 Å². The molecule has 0 heterocycles. The molecule has 2 N–H and O–H groups in total. The van der Waals surface area contributed by atoms with Gasteiger partial charge in [0.2, 0.25) is 0 Å². The van der Waals surface area contributed by atoms with E-state index in [2.05, 4.69) is 10.6 Å². The molecule has 1 amide bonds. The van der Waals surface area contributed by atoms with Crippen LogP contribution >= 0.6 is 0 Å². The number of carbonyl (C=O) groups is 1. The molecule has 0 aromatic heterocycles. The maximum atomic E-state index is 11.8. The molecule has 0 atom stereocenters. The average molecular weight is 312 g/mol. The fourth-order valence-corrected chi connectivity index (χ4v) is 2.55. The van der Waals surface area contributed by atoms with Crippen molar-refractivity contribution in [3.63, 3.8) is 0 Å². The van der Waals surface area contributed by atoms with Gasteiger partial charge < -0.3 is 10.6 Å². The zero-order valence-electron chi connectivity index (χ0n) is 12.8. The number of hydrogen-bond donors (Lipinski definition) is 2. The van der Waals surface area contributed by atoms with E-state index in [1.54, 1.807) is 26.0 Å². The number of amides is 1. The van der Waals surface area contributed by atoms with Gasteiger partial charge in [-0.05, 0) is 32.9 Å². The topological polar surface area (TPSA) is 75.3 Å². The Kier molecular flexibility index (Phi) is 6.84. The Labute approximate surface area is 127 Å². The van der Waals surface area contributed by atoms with Crippen molar-refractivity contribution in [1.29, 1.82) is 0 Å². The molecule has 0 spiro atoms. The maximum absolute atomic E-state index is 11.8. The van der Waals surface area contributed by atoms with E-state index in [9.17, 15) is 13.2 Å². The van der Waals surface area contributed by atoms with Gasteiger partial charge in [-0.15, -0.1) is 0 Å². The molecule has 118 valence electrons. The molecule has 5 nitrogen and oxygen atoms in total. The summed E-state index contributed by atoms with van der Waals surface area (Å²) in [6.45, 7) is 6.74. The summed E-state index contributed by atoms with van der Waals surface area (Å²) < 4.78 is 23.1. The van der Waals surface area contributed by atoms with Crippen LogP contribution < -0.4 is 10.6 Å². The highest BCUT2D eigenvalue weighted by atomic mass is 32.2. The Balaban J connectivity index is 2.20. The lowest BCUT2D eigenvalue weighted by atomic mass is 10.1. The van der Waals surface area contributed by atoms with Crippen molar-refractivity contribution >= 4 is 15.7 Å². The van der Waals surface area contributed by atoms with Gasteiger partial charge in [0.05, 0.1) is 11.0 Å². The first-order valence-electron chi connectivity index (χ1n) is 7.10. The van der Waals surface area contributed by atoms with Gasteiger partial charge in [0, 0.05) is 25.2 Å². The second-order valence-corrected chi connectivity index (χ2v) is 7.96. The lowest BCUT2D eigenvalue weighted by Crippen LogP contribution is -2.34. The molecule has 0 radical (unpaired) electrons. The molecule has 0 aliphatic carbocycles. The van der Waals surface area contributed by atoms with Crippen LogP contribution in [0.5, 0.6) is 0 Å². The third-order valence-corrected chi connectivity index (χ3v) is 5.39. The van der Waals surface area contributed by atoms with E-state index in [1.165, 1.54) is 0 Å². The fraction of sp³-hybridized carbons (Fsp3) is 0.533. The third-order valence-electron chi connectivity index (χ3n) is 3.18. The van der Waals surface area contributed by atoms with Crippen LogP contribution in [0.2, 0.25) is 0 Å². The molecule has 21 heavy (non-hydrogen) atoms. The minimum atomic E-state index is -3.00. The van der Waals surface area contributed by atoms with Crippen LogP contribution in [0.25, 0.3) is 0 Å². The second-order valence-electron chi connectivity index (χ2n) is 5.29. The van der Waals surface area contributed by atoms with Crippen molar-refractivity contribution in [2.24, 2.45) is 0 Å². The van der Waals surface area contributed by atoms with Gasteiger partial charge in [-0.25, -0.2) is 8.42 Å². The summed E-state index contributed by atoms with van der Waals surface area (Å²) in [4.78, 5) is 11.8. The Morgan fingerprint density at radius 1 is 1.10 bits per heavy atom. The van der Waals surface area contributed by atoms with Crippen molar-refractivity contribution in [3.8, 4) is 0 Å². The number of rotatable bonds is 8. The summed E-state index contributed by atoms with van der Waals surface area (Å²) in [6.07, 6.45) is 0. The largest absolute Gasteiger partial charge is 0.351 e. The quantitative estimate of drug-likeness (QED) is 0.706. The highest BCUT2D eigenvalue weighted by Gasteiger charge is 2.14. The number of sulfone groups is 1. The van der Waals surface area contributed by atoms with Crippen molar-refractivity contribution in [1.82, 2.24) is 10.6 Å². The lowest BCUT2D eigenvalue weighted by Gasteiger charge is -2.09. The van der Waals surface area contributed by atoms with Crippen LogP contribution in [-0.4, -0.2) is 45.0 Å². The summed E-state index contributed by atoms with van der Waals surface area (Å²) in [7, 11) is -3.00. The number of hydrogen-bond acceptors (Lipinski definition) is 4. The molecule has 6 heteroatoms. The van der Waals surface area contributed by atoms with Crippen molar-refractivity contribution in [3.05, 3.63) is 35.4 Å². The standard InChI is InChI=1S/C15H24N2O3S/c1-12(2)21(19,20)11-10-16-8-9-17-15(18)14-6-4-13(3)5-7-14/h4-7,12,16H,8-11H2,1-3H3,(H,17,18). The second kappa shape index (κ2) is 8.14. The molecule has 1 rings (SSSR count). The third kappa shape index (κ3) is 6.27. The smallest absolute Gasteiger partial charge is 0.251 e. The summed E-state index contributed by atoms with van der Waals surface area (Å²) in [5, 5.41) is 5.46. The van der Waals surface area contributed by atoms with Gasteiger partial charge in [0.1, 0.15) is 0 Å². The van der Waals surface area contributed by atoms with Crippen LogP contribution in [0.3, 0.4) is 0 Å². The number of aryl methyl sites for hydroxylation is 1. The Morgan fingerprint density at radius 3 is 2.29 bits per heavy atom. The van der Waals surface area contributed by atoms with Gasteiger partial charge in [-0.3, -0.25) is 4.79 Å². The maximum Gasteiger partial charge on any atom is 0.251 e. The summed E-state index contributed by atoms with van der Waals surface area (Å²) in [5.74, 6) is 0.00272. The fourth-order valence-electron chi connectivity index (χ4n) is 1.65. The molecule has 0 saturated carbocycles. The first-order chi connectivity index (χ1) is 9.83. The minimum absolute atomic E-state index is 0.119. The number of carbonyl (C=O) groups excluding carboxylic acids is 1. The molecule has 0 aliphatic rings. The van der Waals surface area contributed by atoms with E-state index in [0.29, 0.717) is 25.2 Å². The van der Waals surface area contributed by atoms with Gasteiger partial charge >= 0.3 is 0 Å². The van der Waals surface area contributed by atoms with Gasteiger partial charge in [0.25, 0.3) is 5.91 Å². The SMILES string of the molecule is Cc1ccc(C(=O)NCCNCCS(=O)(=O)C(C)C)cc1. The van der Waals surface area contributed by atoms with Gasteiger partial charge in [-0.2, -0.15) is 0 Å². The molecular formula is C15H24N2O3S. The zero-order chi connectivity index (χ0) is 15.9. The van der Waals surface area contributed by atoms with Crippen LogP contribution in [-0.2, 0) is 9.84 Å². The van der Waals surface area contributed by atoms with Crippen molar-refractivity contribution in [2.45, 2.75) is 26.0 Å². The highest BCUT2D eigenvalue weighted by Crippen LogP contribution is 2.02. The zero-order valence-corrected chi connectivity index (χ0v) is 13.7.